The number of carbonyl (C=O) groups excluding carboxylic acids is 1. The van der Waals surface area contributed by atoms with Crippen LogP contribution in [0, 0.1) is 11.6 Å². The fourth-order valence-corrected chi connectivity index (χ4v) is 1.75. The van der Waals surface area contributed by atoms with E-state index in [4.69, 9.17) is 0 Å². The Hall–Kier alpha value is -1.49. The van der Waals surface area contributed by atoms with Gasteiger partial charge in [-0.05, 0) is 33.4 Å². The number of amides is 1. The summed E-state index contributed by atoms with van der Waals surface area (Å²) in [6.45, 7) is 6.32. The second-order valence-corrected chi connectivity index (χ2v) is 5.69. The van der Waals surface area contributed by atoms with Crippen LogP contribution in [0.5, 0.6) is 0 Å². The lowest BCUT2D eigenvalue weighted by Crippen LogP contribution is -2.46. The van der Waals surface area contributed by atoms with Crippen molar-refractivity contribution in [1.82, 2.24) is 10.2 Å². The molecule has 1 N–H and O–H groups in total. The number of hydrogen-bond acceptors (Lipinski definition) is 2. The second-order valence-electron chi connectivity index (χ2n) is 5.69. The van der Waals surface area contributed by atoms with Crippen LogP contribution < -0.4 is 5.32 Å². The van der Waals surface area contributed by atoms with Crippen molar-refractivity contribution in [2.75, 3.05) is 13.6 Å². The zero-order chi connectivity index (χ0) is 15.3. The van der Waals surface area contributed by atoms with E-state index in [-0.39, 0.29) is 24.5 Å². The third-order valence-electron chi connectivity index (χ3n) is 3.23. The zero-order valence-corrected chi connectivity index (χ0v) is 12.5. The molecule has 0 radical (unpaired) electrons. The largest absolute Gasteiger partial charge is 0.350 e. The summed E-state index contributed by atoms with van der Waals surface area (Å²) in [5, 5.41) is 2.91. The number of nitrogens with one attached hydrogen (secondary N) is 1. The molecular weight excluding hydrogens is 262 g/mol. The molecule has 0 aromatic heterocycles. The SMILES string of the molecule is CCC(C)(C)NC(=O)CN(C)Cc1ccc(F)cc1F. The number of halogens is 2. The summed E-state index contributed by atoms with van der Waals surface area (Å²) >= 11 is 0. The topological polar surface area (TPSA) is 32.3 Å². The Morgan fingerprint density at radius 2 is 2.00 bits per heavy atom. The number of carbonyl (C=O) groups is 1. The van der Waals surface area contributed by atoms with Crippen molar-refractivity contribution in [3.63, 3.8) is 0 Å². The van der Waals surface area contributed by atoms with Crippen LogP contribution >= 0.6 is 0 Å². The minimum absolute atomic E-state index is 0.109. The van der Waals surface area contributed by atoms with Crippen LogP contribution in [0.4, 0.5) is 8.78 Å². The number of nitrogens with zero attached hydrogens (tertiary/aromatic N) is 1. The quantitative estimate of drug-likeness (QED) is 0.871. The van der Waals surface area contributed by atoms with Gasteiger partial charge in [0.05, 0.1) is 6.54 Å². The fourth-order valence-electron chi connectivity index (χ4n) is 1.75. The van der Waals surface area contributed by atoms with Gasteiger partial charge in [-0.25, -0.2) is 8.78 Å². The van der Waals surface area contributed by atoms with Crippen LogP contribution in [0.25, 0.3) is 0 Å². The first-order chi connectivity index (χ1) is 9.23. The molecule has 3 nitrogen and oxygen atoms in total. The van der Waals surface area contributed by atoms with E-state index in [1.807, 2.05) is 20.8 Å². The number of likely N-dealkylation sites (N-methyl/N-ethyl adjacent to an activating group) is 1. The van der Waals surface area contributed by atoms with Crippen LogP contribution in [0.15, 0.2) is 18.2 Å². The summed E-state index contributed by atoms with van der Waals surface area (Å²) in [7, 11) is 1.72. The van der Waals surface area contributed by atoms with Crippen LogP contribution in [-0.4, -0.2) is 29.9 Å². The molecule has 0 aliphatic rings. The monoisotopic (exact) mass is 284 g/mol. The van der Waals surface area contributed by atoms with Crippen molar-refractivity contribution in [3.8, 4) is 0 Å². The summed E-state index contributed by atoms with van der Waals surface area (Å²) in [6, 6.07) is 3.46. The Morgan fingerprint density at radius 1 is 1.35 bits per heavy atom. The van der Waals surface area contributed by atoms with E-state index in [1.54, 1.807) is 11.9 Å². The second kappa shape index (κ2) is 6.79. The van der Waals surface area contributed by atoms with Gasteiger partial charge in [-0.1, -0.05) is 13.0 Å². The molecule has 1 rings (SSSR count). The lowest BCUT2D eigenvalue weighted by molar-refractivity contribution is -0.123. The molecule has 1 aromatic carbocycles. The van der Waals surface area contributed by atoms with Crippen molar-refractivity contribution in [2.24, 2.45) is 0 Å². The van der Waals surface area contributed by atoms with Crippen molar-refractivity contribution < 1.29 is 13.6 Å². The highest BCUT2D eigenvalue weighted by molar-refractivity contribution is 5.78. The first-order valence-corrected chi connectivity index (χ1v) is 6.67. The highest BCUT2D eigenvalue weighted by Gasteiger charge is 2.18. The summed E-state index contributed by atoms with van der Waals surface area (Å²) in [4.78, 5) is 13.5. The maximum absolute atomic E-state index is 13.5. The van der Waals surface area contributed by atoms with Gasteiger partial charge in [-0.3, -0.25) is 9.69 Å². The summed E-state index contributed by atoms with van der Waals surface area (Å²) < 4.78 is 26.3. The van der Waals surface area contributed by atoms with E-state index in [1.165, 1.54) is 12.1 Å². The number of hydrogen-bond donors (Lipinski definition) is 1. The van der Waals surface area contributed by atoms with E-state index in [9.17, 15) is 13.6 Å². The summed E-state index contributed by atoms with van der Waals surface area (Å²) in [5.74, 6) is -1.30. The molecule has 0 aliphatic heterocycles. The minimum Gasteiger partial charge on any atom is -0.350 e. The Kier molecular flexibility index (Phi) is 5.62. The van der Waals surface area contributed by atoms with Gasteiger partial charge >= 0.3 is 0 Å². The Morgan fingerprint density at radius 3 is 2.55 bits per heavy atom. The maximum atomic E-state index is 13.5. The van der Waals surface area contributed by atoms with Gasteiger partial charge in [-0.15, -0.1) is 0 Å². The standard InChI is InChI=1S/C15H22F2N2O/c1-5-15(2,3)18-14(20)10-19(4)9-11-6-7-12(16)8-13(11)17/h6-8H,5,9-10H2,1-4H3,(H,18,20). The molecule has 1 amide bonds. The third kappa shape index (κ3) is 5.25. The molecule has 1 aromatic rings. The number of benzene rings is 1. The van der Waals surface area contributed by atoms with Gasteiger partial charge < -0.3 is 5.32 Å². The fraction of sp³-hybridized carbons (Fsp3) is 0.533. The van der Waals surface area contributed by atoms with Gasteiger partial charge in [0.1, 0.15) is 11.6 Å². The van der Waals surface area contributed by atoms with Gasteiger partial charge in [0.25, 0.3) is 0 Å². The average Bonchev–Trinajstić information content (AvgIpc) is 2.32. The smallest absolute Gasteiger partial charge is 0.234 e. The van der Waals surface area contributed by atoms with E-state index < -0.39 is 11.6 Å². The van der Waals surface area contributed by atoms with E-state index >= 15 is 0 Å². The minimum atomic E-state index is -0.601. The maximum Gasteiger partial charge on any atom is 0.234 e. The van der Waals surface area contributed by atoms with Crippen molar-refractivity contribution in [2.45, 2.75) is 39.3 Å². The molecule has 20 heavy (non-hydrogen) atoms. The zero-order valence-electron chi connectivity index (χ0n) is 12.5. The molecule has 0 bridgehead atoms. The van der Waals surface area contributed by atoms with E-state index in [2.05, 4.69) is 5.32 Å². The van der Waals surface area contributed by atoms with Gasteiger partial charge in [0.2, 0.25) is 5.91 Å². The molecule has 112 valence electrons. The van der Waals surface area contributed by atoms with Crippen molar-refractivity contribution in [3.05, 3.63) is 35.4 Å². The Balaban J connectivity index is 2.55. The molecule has 0 unspecified atom stereocenters. The lowest BCUT2D eigenvalue weighted by Gasteiger charge is -2.26. The third-order valence-corrected chi connectivity index (χ3v) is 3.23. The predicted molar refractivity (Wildman–Crippen MR) is 75.2 cm³/mol. The molecule has 0 fully saturated rings. The predicted octanol–water partition coefficient (Wildman–Crippen LogP) is 2.70. The first-order valence-electron chi connectivity index (χ1n) is 6.67. The molecule has 0 atom stereocenters. The molecule has 0 heterocycles. The highest BCUT2D eigenvalue weighted by Crippen LogP contribution is 2.12. The van der Waals surface area contributed by atoms with Gasteiger partial charge in [-0.2, -0.15) is 0 Å². The first kappa shape index (κ1) is 16.6. The summed E-state index contributed by atoms with van der Waals surface area (Å²) in [6.07, 6.45) is 0.828. The molecule has 0 spiro atoms. The normalized spacial score (nSPS) is 11.8. The van der Waals surface area contributed by atoms with Crippen molar-refractivity contribution >= 4 is 5.91 Å². The van der Waals surface area contributed by atoms with Crippen LogP contribution in [0.3, 0.4) is 0 Å². The molecule has 0 saturated heterocycles. The summed E-state index contributed by atoms with van der Waals surface area (Å²) in [5.41, 5.74) is 0.121. The van der Waals surface area contributed by atoms with Crippen LogP contribution in [0.2, 0.25) is 0 Å². The number of rotatable bonds is 6. The van der Waals surface area contributed by atoms with Crippen molar-refractivity contribution in [1.29, 1.82) is 0 Å². The molecule has 0 aliphatic carbocycles. The van der Waals surface area contributed by atoms with Crippen LogP contribution in [-0.2, 0) is 11.3 Å². The average molecular weight is 284 g/mol. The molecular formula is C15H22F2N2O. The highest BCUT2D eigenvalue weighted by atomic mass is 19.1. The Bertz CT molecular complexity index is 475. The Labute approximate surface area is 119 Å². The van der Waals surface area contributed by atoms with E-state index in [0.717, 1.165) is 12.5 Å². The van der Waals surface area contributed by atoms with Gasteiger partial charge in [0.15, 0.2) is 0 Å². The van der Waals surface area contributed by atoms with Crippen LogP contribution in [0.1, 0.15) is 32.8 Å². The van der Waals surface area contributed by atoms with Gasteiger partial charge in [0, 0.05) is 23.7 Å². The molecule has 0 saturated carbocycles. The molecule has 5 heteroatoms. The lowest BCUT2D eigenvalue weighted by atomic mass is 10.0. The van der Waals surface area contributed by atoms with E-state index in [0.29, 0.717) is 5.56 Å².